The van der Waals surface area contributed by atoms with Crippen LogP contribution in [0.5, 0.6) is 0 Å². The number of aryl methyl sites for hydroxylation is 2. The number of nitrogens with zero attached hydrogens (tertiary/aromatic N) is 4. The van der Waals surface area contributed by atoms with Gasteiger partial charge in [0, 0.05) is 10.6 Å². The number of fused-ring (bicyclic) bond motifs is 2. The highest BCUT2D eigenvalue weighted by atomic mass is 32.2. The van der Waals surface area contributed by atoms with Crippen LogP contribution in [0.4, 0.5) is 5.00 Å². The van der Waals surface area contributed by atoms with E-state index < -0.39 is 0 Å². The molecule has 0 radical (unpaired) electrons. The van der Waals surface area contributed by atoms with Gasteiger partial charge in [0.1, 0.15) is 16.9 Å². The number of para-hydroxylation sites is 1. The van der Waals surface area contributed by atoms with E-state index in [0.29, 0.717) is 32.4 Å². The molecule has 0 fully saturated rings. The summed E-state index contributed by atoms with van der Waals surface area (Å²) in [6, 6.07) is 14.9. The van der Waals surface area contributed by atoms with Gasteiger partial charge in [0.15, 0.2) is 5.16 Å². The molecule has 0 bridgehead atoms. The third-order valence-corrected chi connectivity index (χ3v) is 7.86. The van der Waals surface area contributed by atoms with Crippen LogP contribution in [-0.2, 0) is 17.6 Å². The van der Waals surface area contributed by atoms with E-state index in [9.17, 15) is 14.9 Å². The number of carbonyl (C=O) groups is 1. The van der Waals surface area contributed by atoms with Crippen LogP contribution in [-0.4, -0.2) is 26.2 Å². The van der Waals surface area contributed by atoms with Gasteiger partial charge in [-0.05, 0) is 62.4 Å². The minimum atomic E-state index is -0.244. The molecule has 3 aromatic heterocycles. The lowest BCUT2D eigenvalue weighted by atomic mass is 9.96. The number of nitrogens with one attached hydrogen (secondary N) is 1. The van der Waals surface area contributed by atoms with Gasteiger partial charge in [0.05, 0.1) is 22.2 Å². The van der Waals surface area contributed by atoms with Gasteiger partial charge >= 0.3 is 0 Å². The van der Waals surface area contributed by atoms with Gasteiger partial charge in [0.2, 0.25) is 5.91 Å². The Morgan fingerprint density at radius 1 is 1.18 bits per heavy atom. The lowest BCUT2D eigenvalue weighted by molar-refractivity contribution is -0.113. The second-order valence-electron chi connectivity index (χ2n) is 8.05. The van der Waals surface area contributed by atoms with Gasteiger partial charge in [0.25, 0.3) is 5.56 Å². The number of pyridine rings is 1. The van der Waals surface area contributed by atoms with Gasteiger partial charge in [-0.25, -0.2) is 14.5 Å². The van der Waals surface area contributed by atoms with E-state index >= 15 is 0 Å². The average Bonchev–Trinajstić information content (AvgIpc) is 3.19. The third-order valence-electron chi connectivity index (χ3n) is 5.72. The maximum absolute atomic E-state index is 13.3. The van der Waals surface area contributed by atoms with Crippen molar-refractivity contribution in [2.24, 2.45) is 0 Å². The molecule has 3 heterocycles. The van der Waals surface area contributed by atoms with Crippen molar-refractivity contribution in [1.82, 2.24) is 14.5 Å². The molecule has 0 spiro atoms. The van der Waals surface area contributed by atoms with Crippen LogP contribution in [0.25, 0.3) is 16.7 Å². The Balaban J connectivity index is 1.45. The fourth-order valence-electron chi connectivity index (χ4n) is 4.13. The molecule has 1 amide bonds. The van der Waals surface area contributed by atoms with E-state index in [2.05, 4.69) is 21.4 Å². The summed E-state index contributed by atoms with van der Waals surface area (Å²) < 4.78 is 1.46. The van der Waals surface area contributed by atoms with Crippen LogP contribution in [0.3, 0.4) is 0 Å². The molecule has 1 N–H and O–H groups in total. The topological polar surface area (TPSA) is 101 Å². The lowest BCUT2D eigenvalue weighted by Crippen LogP contribution is -2.23. The van der Waals surface area contributed by atoms with Crippen LogP contribution in [0.15, 0.2) is 52.4 Å². The van der Waals surface area contributed by atoms with Crippen molar-refractivity contribution >= 4 is 44.9 Å². The molecular formula is C25H21N5O2S2. The summed E-state index contributed by atoms with van der Waals surface area (Å²) in [7, 11) is 0. The van der Waals surface area contributed by atoms with Crippen molar-refractivity contribution in [2.45, 2.75) is 37.8 Å². The first-order valence-electron chi connectivity index (χ1n) is 11.0. The molecule has 7 nitrogen and oxygen atoms in total. The predicted molar refractivity (Wildman–Crippen MR) is 135 cm³/mol. The molecule has 34 heavy (non-hydrogen) atoms. The number of carbonyl (C=O) groups excluding carboxylic acids is 1. The number of nitriles is 1. The minimum absolute atomic E-state index is 0.0457. The summed E-state index contributed by atoms with van der Waals surface area (Å²) in [5.41, 5.74) is 2.78. The van der Waals surface area contributed by atoms with Crippen molar-refractivity contribution in [2.75, 3.05) is 11.1 Å². The summed E-state index contributed by atoms with van der Waals surface area (Å²) >= 11 is 2.67. The second kappa shape index (κ2) is 9.41. The fourth-order valence-corrected chi connectivity index (χ4v) is 6.19. The standard InChI is InChI=1S/C25H21N5O2S2/c1-15-7-6-12-21(27-15)30-24(32)17-9-2-4-10-19(17)28-25(30)33-14-22(31)29-23-18(13-26)16-8-3-5-11-20(16)34-23/h2,4,6-7,9-10,12H,3,5,8,11,14H2,1H3,(H,29,31). The summed E-state index contributed by atoms with van der Waals surface area (Å²) in [5.74, 6) is 0.263. The normalized spacial score (nSPS) is 12.8. The number of rotatable bonds is 5. The molecule has 0 unspecified atom stereocenters. The fraction of sp³-hybridized carbons (Fsp3) is 0.240. The summed E-state index contributed by atoms with van der Waals surface area (Å²) in [4.78, 5) is 36.5. The molecule has 0 saturated heterocycles. The molecule has 170 valence electrons. The number of anilines is 1. The van der Waals surface area contributed by atoms with Crippen molar-refractivity contribution in [3.8, 4) is 11.9 Å². The summed E-state index contributed by atoms with van der Waals surface area (Å²) in [5, 5.41) is 14.1. The van der Waals surface area contributed by atoms with Crippen LogP contribution < -0.4 is 10.9 Å². The Kier molecular flexibility index (Phi) is 6.18. The largest absolute Gasteiger partial charge is 0.316 e. The second-order valence-corrected chi connectivity index (χ2v) is 10.1. The van der Waals surface area contributed by atoms with Gasteiger partial charge < -0.3 is 5.32 Å². The number of thiophene rings is 1. The molecule has 9 heteroatoms. The molecule has 1 aliphatic rings. The first kappa shape index (κ1) is 22.3. The molecular weight excluding hydrogens is 466 g/mol. The van der Waals surface area contributed by atoms with E-state index in [1.165, 1.54) is 32.5 Å². The number of thioether (sulfide) groups is 1. The van der Waals surface area contributed by atoms with Crippen molar-refractivity contribution in [3.05, 3.63) is 74.5 Å². The van der Waals surface area contributed by atoms with Crippen molar-refractivity contribution < 1.29 is 4.79 Å². The van der Waals surface area contributed by atoms with Gasteiger partial charge in [-0.1, -0.05) is 30.0 Å². The lowest BCUT2D eigenvalue weighted by Gasteiger charge is -2.13. The molecule has 5 rings (SSSR count). The molecule has 1 aromatic carbocycles. The Labute approximate surface area is 204 Å². The monoisotopic (exact) mass is 487 g/mol. The number of amides is 1. The van der Waals surface area contributed by atoms with E-state index in [4.69, 9.17) is 0 Å². The highest BCUT2D eigenvalue weighted by Gasteiger charge is 2.22. The zero-order valence-corrected chi connectivity index (χ0v) is 20.1. The predicted octanol–water partition coefficient (Wildman–Crippen LogP) is 4.63. The minimum Gasteiger partial charge on any atom is -0.316 e. The number of benzene rings is 1. The van der Waals surface area contributed by atoms with Crippen LogP contribution in [0.2, 0.25) is 0 Å². The van der Waals surface area contributed by atoms with E-state index in [0.717, 1.165) is 36.9 Å². The first-order valence-corrected chi connectivity index (χ1v) is 12.8. The number of hydrogen-bond donors (Lipinski definition) is 1. The Hall–Kier alpha value is -3.48. The van der Waals surface area contributed by atoms with Crippen molar-refractivity contribution in [1.29, 1.82) is 5.26 Å². The van der Waals surface area contributed by atoms with E-state index in [1.807, 2.05) is 25.1 Å². The SMILES string of the molecule is Cc1cccc(-n2c(SCC(=O)Nc3sc4c(c3C#N)CCCC4)nc3ccccc3c2=O)n1. The van der Waals surface area contributed by atoms with E-state index in [1.54, 1.807) is 24.3 Å². The summed E-state index contributed by atoms with van der Waals surface area (Å²) in [6.07, 6.45) is 4.02. The molecule has 0 atom stereocenters. The third kappa shape index (κ3) is 4.22. The van der Waals surface area contributed by atoms with Gasteiger partial charge in [-0.3, -0.25) is 9.59 Å². The van der Waals surface area contributed by atoms with Gasteiger partial charge in [-0.15, -0.1) is 11.3 Å². The maximum Gasteiger partial charge on any atom is 0.267 e. The highest BCUT2D eigenvalue weighted by Crippen LogP contribution is 2.37. The number of hydrogen-bond acceptors (Lipinski definition) is 7. The molecule has 0 saturated carbocycles. The van der Waals surface area contributed by atoms with Crippen LogP contribution in [0, 0.1) is 18.3 Å². The maximum atomic E-state index is 13.3. The Morgan fingerprint density at radius 3 is 2.82 bits per heavy atom. The highest BCUT2D eigenvalue weighted by molar-refractivity contribution is 7.99. The smallest absolute Gasteiger partial charge is 0.267 e. The van der Waals surface area contributed by atoms with E-state index in [-0.39, 0.29) is 17.2 Å². The van der Waals surface area contributed by atoms with Gasteiger partial charge in [-0.2, -0.15) is 5.26 Å². The quantitative estimate of drug-likeness (QED) is 0.325. The van der Waals surface area contributed by atoms with Crippen LogP contribution in [0.1, 0.15) is 34.5 Å². The van der Waals surface area contributed by atoms with Crippen LogP contribution >= 0.6 is 23.1 Å². The Morgan fingerprint density at radius 2 is 2.00 bits per heavy atom. The molecule has 0 aliphatic heterocycles. The Bertz CT molecular complexity index is 1520. The molecule has 4 aromatic rings. The first-order chi connectivity index (χ1) is 16.5. The average molecular weight is 488 g/mol. The zero-order chi connectivity index (χ0) is 23.7. The van der Waals surface area contributed by atoms with Crippen molar-refractivity contribution in [3.63, 3.8) is 0 Å². The zero-order valence-electron chi connectivity index (χ0n) is 18.5. The number of aromatic nitrogens is 3. The molecule has 1 aliphatic carbocycles. The summed E-state index contributed by atoms with van der Waals surface area (Å²) in [6.45, 7) is 1.86.